The van der Waals surface area contributed by atoms with Crippen LogP contribution in [0.3, 0.4) is 0 Å². The van der Waals surface area contributed by atoms with E-state index in [0.717, 1.165) is 29.8 Å². The Morgan fingerprint density at radius 3 is 3.24 bits per heavy atom. The predicted octanol–water partition coefficient (Wildman–Crippen LogP) is 0.394. The molecule has 0 aromatic carbocycles. The number of pyridine rings is 1. The Hall–Kier alpha value is -2.15. The van der Waals surface area contributed by atoms with Crippen molar-refractivity contribution in [1.82, 2.24) is 20.1 Å². The van der Waals surface area contributed by atoms with Crippen molar-refractivity contribution in [3.8, 4) is 0 Å². The summed E-state index contributed by atoms with van der Waals surface area (Å²) >= 11 is 0. The first-order valence-electron chi connectivity index (χ1n) is 7.14. The lowest BCUT2D eigenvalue weighted by Gasteiger charge is -2.25. The van der Waals surface area contributed by atoms with Gasteiger partial charge in [-0.05, 0) is 6.07 Å². The zero-order chi connectivity index (χ0) is 14.4. The van der Waals surface area contributed by atoms with Crippen LogP contribution < -0.4 is 4.90 Å². The molecule has 4 heterocycles. The minimum Gasteiger partial charge on any atom is -0.374 e. The van der Waals surface area contributed by atoms with E-state index >= 15 is 0 Å². The van der Waals surface area contributed by atoms with Crippen molar-refractivity contribution in [3.05, 3.63) is 18.5 Å². The van der Waals surface area contributed by atoms with Crippen molar-refractivity contribution < 1.29 is 9.53 Å². The minimum atomic E-state index is 0.0663. The average molecular weight is 287 g/mol. The molecule has 2 saturated heterocycles. The number of ether oxygens (including phenoxy) is 1. The largest absolute Gasteiger partial charge is 0.374 e. The summed E-state index contributed by atoms with van der Waals surface area (Å²) in [7, 11) is 1.87. The number of carbonyl (C=O) groups excluding carboxylic acids is 1. The summed E-state index contributed by atoms with van der Waals surface area (Å²) in [4.78, 5) is 20.3. The van der Waals surface area contributed by atoms with Gasteiger partial charge in [-0.2, -0.15) is 5.10 Å². The monoisotopic (exact) mass is 287 g/mol. The molecule has 2 aliphatic heterocycles. The van der Waals surface area contributed by atoms with Crippen molar-refractivity contribution in [2.45, 2.75) is 18.6 Å². The van der Waals surface area contributed by atoms with Gasteiger partial charge < -0.3 is 14.5 Å². The Balaban J connectivity index is 1.67. The van der Waals surface area contributed by atoms with E-state index in [9.17, 15) is 4.79 Å². The molecule has 0 radical (unpaired) electrons. The molecule has 2 aromatic rings. The molecule has 2 atom stereocenters. The van der Waals surface area contributed by atoms with E-state index in [1.165, 1.54) is 0 Å². The van der Waals surface area contributed by atoms with Crippen LogP contribution in [-0.2, 0) is 9.53 Å². The van der Waals surface area contributed by atoms with E-state index in [4.69, 9.17) is 4.74 Å². The lowest BCUT2D eigenvalue weighted by molar-refractivity contribution is -0.130. The van der Waals surface area contributed by atoms with E-state index in [1.54, 1.807) is 12.4 Å². The first-order chi connectivity index (χ1) is 10.2. The van der Waals surface area contributed by atoms with Crippen LogP contribution in [0.1, 0.15) is 6.42 Å². The molecule has 21 heavy (non-hydrogen) atoms. The van der Waals surface area contributed by atoms with E-state index in [0.29, 0.717) is 13.0 Å². The van der Waals surface area contributed by atoms with E-state index in [2.05, 4.69) is 20.1 Å². The van der Waals surface area contributed by atoms with E-state index in [-0.39, 0.29) is 18.1 Å². The van der Waals surface area contributed by atoms with Gasteiger partial charge in [0, 0.05) is 26.3 Å². The number of aromatic nitrogens is 3. The highest BCUT2D eigenvalue weighted by molar-refractivity contribution is 5.89. The third-order valence-electron chi connectivity index (χ3n) is 4.45. The molecule has 0 unspecified atom stereocenters. The van der Waals surface area contributed by atoms with Crippen molar-refractivity contribution in [1.29, 1.82) is 0 Å². The van der Waals surface area contributed by atoms with Crippen LogP contribution in [0.4, 0.5) is 5.69 Å². The number of nitrogens with zero attached hydrogens (tertiary/aromatic N) is 4. The molecule has 4 rings (SSSR count). The summed E-state index contributed by atoms with van der Waals surface area (Å²) in [5, 5.41) is 7.95. The maximum Gasteiger partial charge on any atom is 0.225 e. The Morgan fingerprint density at radius 2 is 2.33 bits per heavy atom. The third-order valence-corrected chi connectivity index (χ3v) is 4.45. The van der Waals surface area contributed by atoms with Crippen molar-refractivity contribution in [2.24, 2.45) is 0 Å². The van der Waals surface area contributed by atoms with Crippen LogP contribution in [-0.4, -0.2) is 64.9 Å². The van der Waals surface area contributed by atoms with E-state index < -0.39 is 0 Å². The normalized spacial score (nSPS) is 26.2. The van der Waals surface area contributed by atoms with Crippen LogP contribution >= 0.6 is 0 Å². The summed E-state index contributed by atoms with van der Waals surface area (Å²) in [5.74, 6) is 0.160. The minimum absolute atomic E-state index is 0.0663. The van der Waals surface area contributed by atoms with Gasteiger partial charge in [-0.25, -0.2) is 4.98 Å². The number of H-pyrrole nitrogens is 1. The number of hydrogen-bond donors (Lipinski definition) is 1. The molecule has 0 aliphatic carbocycles. The lowest BCUT2D eigenvalue weighted by atomic mass is 10.2. The molecule has 0 bridgehead atoms. The number of fused-ring (bicyclic) bond motifs is 2. The molecular weight excluding hydrogens is 270 g/mol. The fraction of sp³-hybridized carbons (Fsp3) is 0.500. The zero-order valence-electron chi connectivity index (χ0n) is 11.8. The second-order valence-corrected chi connectivity index (χ2v) is 5.60. The molecule has 1 N–H and O–H groups in total. The Labute approximate surface area is 121 Å². The van der Waals surface area contributed by atoms with Crippen molar-refractivity contribution in [3.63, 3.8) is 0 Å². The van der Waals surface area contributed by atoms with Gasteiger partial charge in [0.25, 0.3) is 0 Å². The maximum absolute atomic E-state index is 12.0. The highest BCUT2D eigenvalue weighted by Gasteiger charge is 2.40. The quantitative estimate of drug-likeness (QED) is 0.821. The number of amides is 1. The van der Waals surface area contributed by atoms with Crippen LogP contribution in [0.25, 0.3) is 11.0 Å². The van der Waals surface area contributed by atoms with Gasteiger partial charge in [-0.3, -0.25) is 9.89 Å². The average Bonchev–Trinajstić information content (AvgIpc) is 3.10. The predicted molar refractivity (Wildman–Crippen MR) is 77.0 cm³/mol. The van der Waals surface area contributed by atoms with Crippen molar-refractivity contribution >= 4 is 22.6 Å². The van der Waals surface area contributed by atoms with Gasteiger partial charge in [0.05, 0.1) is 42.4 Å². The standard InChI is InChI=1S/C14H17N5O2/c1-18-11-7-19(8-12(11)21-5-3-13(18)20)10-2-4-15-14-9(10)6-16-17-14/h2,4,6,11-12H,3,5,7-8H2,1H3,(H,15,16,17)/t11-,12-/m0/s1. The third kappa shape index (κ3) is 1.96. The summed E-state index contributed by atoms with van der Waals surface area (Å²) in [5.41, 5.74) is 1.87. The van der Waals surface area contributed by atoms with Gasteiger partial charge in [-0.15, -0.1) is 0 Å². The van der Waals surface area contributed by atoms with Gasteiger partial charge in [0.1, 0.15) is 0 Å². The first kappa shape index (κ1) is 12.6. The van der Waals surface area contributed by atoms with Gasteiger partial charge in [0.2, 0.25) is 5.91 Å². The number of nitrogens with one attached hydrogen (secondary N) is 1. The van der Waals surface area contributed by atoms with Crippen molar-refractivity contribution in [2.75, 3.05) is 31.6 Å². The van der Waals surface area contributed by atoms with Crippen LogP contribution in [0.2, 0.25) is 0 Å². The fourth-order valence-electron chi connectivity index (χ4n) is 3.26. The Kier molecular flexibility index (Phi) is 2.81. The number of rotatable bonds is 1. The van der Waals surface area contributed by atoms with Gasteiger partial charge in [-0.1, -0.05) is 0 Å². The molecule has 110 valence electrons. The topological polar surface area (TPSA) is 74.3 Å². The second-order valence-electron chi connectivity index (χ2n) is 5.60. The highest BCUT2D eigenvalue weighted by atomic mass is 16.5. The summed E-state index contributed by atoms with van der Waals surface area (Å²) in [6.07, 6.45) is 4.11. The van der Waals surface area contributed by atoms with Crippen LogP contribution in [0, 0.1) is 0 Å². The lowest BCUT2D eigenvalue weighted by Crippen LogP contribution is -2.42. The summed E-state index contributed by atoms with van der Waals surface area (Å²) in [6, 6.07) is 2.10. The smallest absolute Gasteiger partial charge is 0.225 e. The Morgan fingerprint density at radius 1 is 1.43 bits per heavy atom. The maximum atomic E-state index is 12.0. The molecule has 2 fully saturated rings. The molecule has 1 amide bonds. The fourth-order valence-corrected chi connectivity index (χ4v) is 3.26. The number of hydrogen-bond acceptors (Lipinski definition) is 5. The second kappa shape index (κ2) is 4.70. The van der Waals surface area contributed by atoms with Crippen LogP contribution in [0.5, 0.6) is 0 Å². The SMILES string of the molecule is CN1C(=O)CCO[C@H]2CN(c3ccnc4[nH]ncc34)C[C@@H]21. The summed E-state index contributed by atoms with van der Waals surface area (Å²) in [6.45, 7) is 2.07. The molecule has 7 heteroatoms. The Bertz CT molecular complexity index is 685. The number of carbonyl (C=O) groups is 1. The van der Waals surface area contributed by atoms with E-state index in [1.807, 2.05) is 18.0 Å². The molecule has 7 nitrogen and oxygen atoms in total. The molecule has 0 spiro atoms. The molecule has 2 aliphatic rings. The number of anilines is 1. The molecule has 2 aromatic heterocycles. The number of aromatic amines is 1. The van der Waals surface area contributed by atoms with Gasteiger partial charge in [0.15, 0.2) is 5.65 Å². The first-order valence-corrected chi connectivity index (χ1v) is 7.14. The highest BCUT2D eigenvalue weighted by Crippen LogP contribution is 2.30. The molecule has 0 saturated carbocycles. The summed E-state index contributed by atoms with van der Waals surface area (Å²) < 4.78 is 5.87. The number of likely N-dealkylation sites (N-methyl/N-ethyl adjacent to an activating group) is 1. The van der Waals surface area contributed by atoms with Gasteiger partial charge >= 0.3 is 0 Å². The molecular formula is C14H17N5O2. The van der Waals surface area contributed by atoms with Crippen LogP contribution in [0.15, 0.2) is 18.5 Å². The zero-order valence-corrected chi connectivity index (χ0v) is 11.8.